The number of nitrogens with one attached hydrogen (secondary N) is 1. The molecule has 0 fully saturated rings. The lowest BCUT2D eigenvalue weighted by Crippen LogP contribution is -2.51. The molecule has 0 aromatic heterocycles. The van der Waals surface area contributed by atoms with Gasteiger partial charge in [0.25, 0.3) is 0 Å². The molecule has 0 unspecified atom stereocenters. The van der Waals surface area contributed by atoms with Gasteiger partial charge in [0, 0.05) is 5.41 Å². The number of hydrogen-bond acceptors (Lipinski definition) is 3. The van der Waals surface area contributed by atoms with Crippen molar-refractivity contribution in [3.05, 3.63) is 35.9 Å². The van der Waals surface area contributed by atoms with Crippen LogP contribution in [0.3, 0.4) is 0 Å². The Kier molecular flexibility index (Phi) is 4.48. The molecule has 4 heteroatoms. The zero-order valence-electron chi connectivity index (χ0n) is 10.9. The normalized spacial score (nSPS) is 12.8. The fourth-order valence-corrected chi connectivity index (χ4v) is 1.42. The second kappa shape index (κ2) is 5.67. The first-order valence-electron chi connectivity index (χ1n) is 5.86. The lowest BCUT2D eigenvalue weighted by Gasteiger charge is -2.25. The van der Waals surface area contributed by atoms with Crippen LogP contribution in [0.15, 0.2) is 30.3 Å². The second-order valence-corrected chi connectivity index (χ2v) is 5.28. The van der Waals surface area contributed by atoms with Gasteiger partial charge in [-0.2, -0.15) is 0 Å². The van der Waals surface area contributed by atoms with E-state index in [4.69, 9.17) is 0 Å². The summed E-state index contributed by atoms with van der Waals surface area (Å²) in [7, 11) is 0. The Labute approximate surface area is 107 Å². The van der Waals surface area contributed by atoms with Gasteiger partial charge in [-0.1, -0.05) is 51.1 Å². The fraction of sp³-hybridized carbons (Fsp3) is 0.429. The number of hydrogen-bond donors (Lipinski definition) is 1. The zero-order chi connectivity index (χ0) is 13.8. The van der Waals surface area contributed by atoms with Gasteiger partial charge in [-0.3, -0.25) is 4.79 Å². The summed E-state index contributed by atoms with van der Waals surface area (Å²) in [5, 5.41) is 13.5. The van der Waals surface area contributed by atoms with E-state index in [9.17, 15) is 14.7 Å². The molecule has 1 rings (SSSR count). The van der Waals surface area contributed by atoms with Gasteiger partial charge >= 0.3 is 0 Å². The predicted molar refractivity (Wildman–Crippen MR) is 66.5 cm³/mol. The minimum Gasteiger partial charge on any atom is -0.548 e. The van der Waals surface area contributed by atoms with Gasteiger partial charge in [-0.05, 0) is 12.0 Å². The highest BCUT2D eigenvalue weighted by Crippen LogP contribution is 2.13. The third kappa shape index (κ3) is 4.20. The Hall–Kier alpha value is -1.84. The van der Waals surface area contributed by atoms with Crippen LogP contribution < -0.4 is 10.4 Å². The van der Waals surface area contributed by atoms with E-state index in [-0.39, 0.29) is 12.3 Å². The number of carbonyl (C=O) groups is 2. The highest BCUT2D eigenvalue weighted by molar-refractivity contribution is 5.86. The molecule has 0 aliphatic heterocycles. The van der Waals surface area contributed by atoms with E-state index in [2.05, 4.69) is 5.32 Å². The van der Waals surface area contributed by atoms with Crippen molar-refractivity contribution in [3.8, 4) is 0 Å². The Morgan fingerprint density at radius 3 is 2.22 bits per heavy atom. The summed E-state index contributed by atoms with van der Waals surface area (Å²) < 4.78 is 0. The predicted octanol–water partition coefficient (Wildman–Crippen LogP) is 0.510. The van der Waals surface area contributed by atoms with Gasteiger partial charge in [-0.25, -0.2) is 0 Å². The number of aliphatic carboxylic acids is 1. The minimum absolute atomic E-state index is 0.227. The Bertz CT molecular complexity index is 420. The summed E-state index contributed by atoms with van der Waals surface area (Å²) >= 11 is 0. The first kappa shape index (κ1) is 14.2. The molecule has 4 nitrogen and oxygen atoms in total. The third-order valence-electron chi connectivity index (χ3n) is 2.55. The quantitative estimate of drug-likeness (QED) is 0.844. The maximum atomic E-state index is 11.8. The molecule has 0 saturated heterocycles. The van der Waals surface area contributed by atoms with Crippen LogP contribution in [-0.4, -0.2) is 17.9 Å². The van der Waals surface area contributed by atoms with E-state index >= 15 is 0 Å². The molecule has 1 atom stereocenters. The van der Waals surface area contributed by atoms with Crippen molar-refractivity contribution in [3.63, 3.8) is 0 Å². The van der Waals surface area contributed by atoms with Gasteiger partial charge in [0.05, 0.1) is 12.0 Å². The van der Waals surface area contributed by atoms with Gasteiger partial charge < -0.3 is 15.2 Å². The molecule has 0 spiro atoms. The highest BCUT2D eigenvalue weighted by atomic mass is 16.4. The maximum absolute atomic E-state index is 11.8. The Morgan fingerprint density at radius 2 is 1.78 bits per heavy atom. The Balaban J connectivity index is 2.73. The molecule has 0 saturated carbocycles. The molecule has 1 aromatic rings. The maximum Gasteiger partial charge on any atom is 0.225 e. The van der Waals surface area contributed by atoms with E-state index in [0.717, 1.165) is 5.56 Å². The van der Waals surface area contributed by atoms with Gasteiger partial charge in [0.2, 0.25) is 5.91 Å². The number of carboxylic acids is 1. The van der Waals surface area contributed by atoms with Gasteiger partial charge in [-0.15, -0.1) is 0 Å². The molecule has 1 N–H and O–H groups in total. The van der Waals surface area contributed by atoms with E-state index in [1.807, 2.05) is 30.3 Å². The molecular formula is C14H18NO3-. The highest BCUT2D eigenvalue weighted by Gasteiger charge is 2.24. The third-order valence-corrected chi connectivity index (χ3v) is 2.55. The summed E-state index contributed by atoms with van der Waals surface area (Å²) in [5.74, 6) is -1.57. The largest absolute Gasteiger partial charge is 0.548 e. The molecule has 0 bridgehead atoms. The second-order valence-electron chi connectivity index (χ2n) is 5.28. The SMILES string of the molecule is CC(C)(C)C(=O)N[C@@H](Cc1ccccc1)C(=O)[O-]. The molecule has 18 heavy (non-hydrogen) atoms. The van der Waals surface area contributed by atoms with Gasteiger partial charge in [0.1, 0.15) is 0 Å². The van der Waals surface area contributed by atoms with Crippen molar-refractivity contribution in [1.82, 2.24) is 5.32 Å². The van der Waals surface area contributed by atoms with Crippen LogP contribution in [0.5, 0.6) is 0 Å². The van der Waals surface area contributed by atoms with Crippen molar-refractivity contribution >= 4 is 11.9 Å². The average Bonchev–Trinajstić information content (AvgIpc) is 2.28. The molecule has 1 aromatic carbocycles. The molecule has 0 aliphatic rings. The van der Waals surface area contributed by atoms with E-state index < -0.39 is 17.4 Å². The number of carboxylic acid groups (broad SMARTS) is 1. The number of rotatable bonds is 4. The van der Waals surface area contributed by atoms with Crippen molar-refractivity contribution in [1.29, 1.82) is 0 Å². The summed E-state index contributed by atoms with van der Waals surface area (Å²) in [5.41, 5.74) is 0.227. The number of benzene rings is 1. The van der Waals surface area contributed by atoms with Crippen LogP contribution in [0.25, 0.3) is 0 Å². The molecule has 0 radical (unpaired) electrons. The van der Waals surface area contributed by atoms with Crippen molar-refractivity contribution in [2.24, 2.45) is 5.41 Å². The molecule has 0 heterocycles. The number of carbonyl (C=O) groups excluding carboxylic acids is 2. The van der Waals surface area contributed by atoms with Crippen LogP contribution in [0.4, 0.5) is 0 Å². The van der Waals surface area contributed by atoms with Crippen LogP contribution >= 0.6 is 0 Å². The van der Waals surface area contributed by atoms with Crippen LogP contribution in [0.2, 0.25) is 0 Å². The molecular weight excluding hydrogens is 230 g/mol. The first-order valence-corrected chi connectivity index (χ1v) is 5.86. The summed E-state index contributed by atoms with van der Waals surface area (Å²) in [4.78, 5) is 22.8. The number of amides is 1. The summed E-state index contributed by atoms with van der Waals surface area (Å²) in [6.07, 6.45) is 0.227. The van der Waals surface area contributed by atoms with Crippen molar-refractivity contribution < 1.29 is 14.7 Å². The first-order chi connectivity index (χ1) is 8.30. The summed E-state index contributed by atoms with van der Waals surface area (Å²) in [6.45, 7) is 5.20. The van der Waals surface area contributed by atoms with Crippen LogP contribution in [0, 0.1) is 5.41 Å². The Morgan fingerprint density at radius 1 is 1.22 bits per heavy atom. The monoisotopic (exact) mass is 248 g/mol. The van der Waals surface area contributed by atoms with Crippen LogP contribution in [0.1, 0.15) is 26.3 Å². The van der Waals surface area contributed by atoms with E-state index in [1.54, 1.807) is 20.8 Å². The van der Waals surface area contributed by atoms with Crippen LogP contribution in [-0.2, 0) is 16.0 Å². The lowest BCUT2D eigenvalue weighted by atomic mass is 9.94. The lowest BCUT2D eigenvalue weighted by molar-refractivity contribution is -0.308. The van der Waals surface area contributed by atoms with E-state index in [0.29, 0.717) is 0 Å². The average molecular weight is 248 g/mol. The summed E-state index contributed by atoms with van der Waals surface area (Å²) in [6, 6.07) is 8.14. The minimum atomic E-state index is -1.27. The molecule has 98 valence electrons. The van der Waals surface area contributed by atoms with Gasteiger partial charge in [0.15, 0.2) is 0 Å². The van der Waals surface area contributed by atoms with E-state index in [1.165, 1.54) is 0 Å². The standard InChI is InChI=1S/C14H19NO3/c1-14(2,3)13(18)15-11(12(16)17)9-10-7-5-4-6-8-10/h4-8,11H,9H2,1-3H3,(H,15,18)(H,16,17)/p-1/t11-/m0/s1. The fourth-order valence-electron chi connectivity index (χ4n) is 1.42. The molecule has 0 aliphatic carbocycles. The molecule has 1 amide bonds. The zero-order valence-corrected chi connectivity index (χ0v) is 10.9. The van der Waals surface area contributed by atoms with Crippen molar-refractivity contribution in [2.45, 2.75) is 33.2 Å². The smallest absolute Gasteiger partial charge is 0.225 e. The van der Waals surface area contributed by atoms with Crippen molar-refractivity contribution in [2.75, 3.05) is 0 Å². The topological polar surface area (TPSA) is 69.2 Å².